The molecule has 0 aliphatic carbocycles. The van der Waals surface area contributed by atoms with Crippen LogP contribution in [-0.2, 0) is 4.74 Å². The highest BCUT2D eigenvalue weighted by Gasteiger charge is 1.85. The first-order valence-electron chi connectivity index (χ1n) is 3.12. The molecule has 0 heterocycles. The first-order valence-corrected chi connectivity index (χ1v) is 3.12. The molecule has 0 unspecified atom stereocenters. The normalized spacial score (nSPS) is 12.2. The van der Waals surface area contributed by atoms with E-state index >= 15 is 0 Å². The van der Waals surface area contributed by atoms with Crippen LogP contribution in [0.3, 0.4) is 0 Å². The van der Waals surface area contributed by atoms with Gasteiger partial charge in [-0.25, -0.2) is 0 Å². The summed E-state index contributed by atoms with van der Waals surface area (Å²) in [6.45, 7) is 1.90. The van der Waals surface area contributed by atoms with Crippen molar-refractivity contribution in [2.45, 2.75) is 6.92 Å². The van der Waals surface area contributed by atoms with Crippen molar-refractivity contribution in [1.82, 2.24) is 5.01 Å². The summed E-state index contributed by atoms with van der Waals surface area (Å²) in [7, 11) is 5.34. The zero-order chi connectivity index (χ0) is 7.98. The number of methoxy groups -OCH3 is 1. The number of nitrogens with zero attached hydrogens (tertiary/aromatic N) is 2. The van der Waals surface area contributed by atoms with Crippen LogP contribution in [0.15, 0.2) is 16.9 Å². The number of rotatable bonds is 3. The van der Waals surface area contributed by atoms with Gasteiger partial charge in [-0.05, 0) is 13.0 Å². The monoisotopic (exact) mass is 142 g/mol. The third-order valence-corrected chi connectivity index (χ3v) is 0.936. The van der Waals surface area contributed by atoms with Crippen LogP contribution in [-0.4, -0.2) is 32.4 Å². The van der Waals surface area contributed by atoms with Crippen LogP contribution in [0.25, 0.3) is 0 Å². The Labute approximate surface area is 62.0 Å². The Morgan fingerprint density at radius 3 is 2.40 bits per heavy atom. The first kappa shape index (κ1) is 9.01. The first-order chi connectivity index (χ1) is 4.70. The molecule has 0 aromatic rings. The number of ether oxygens (including phenoxy) is 1. The molecule has 0 rings (SSSR count). The molecule has 0 spiro atoms. The second kappa shape index (κ2) is 4.85. The molecule has 0 amide bonds. The van der Waals surface area contributed by atoms with Gasteiger partial charge in [0.2, 0.25) is 0 Å². The Bertz CT molecular complexity index is 139. The minimum atomic E-state index is 0.772. The van der Waals surface area contributed by atoms with Gasteiger partial charge in [0.15, 0.2) is 0 Å². The van der Waals surface area contributed by atoms with Gasteiger partial charge in [0, 0.05) is 14.1 Å². The van der Waals surface area contributed by atoms with Gasteiger partial charge in [-0.15, -0.1) is 0 Å². The molecular weight excluding hydrogens is 128 g/mol. The largest absolute Gasteiger partial charge is 0.495 e. The van der Waals surface area contributed by atoms with Gasteiger partial charge in [-0.1, -0.05) is 0 Å². The summed E-state index contributed by atoms with van der Waals surface area (Å²) in [6, 6.07) is 0. The zero-order valence-electron chi connectivity index (χ0n) is 6.96. The summed E-state index contributed by atoms with van der Waals surface area (Å²) >= 11 is 0. The molecule has 0 radical (unpaired) electrons. The predicted molar refractivity (Wildman–Crippen MR) is 42.9 cm³/mol. The molecular formula is C7H14N2O. The molecule has 58 valence electrons. The molecule has 0 N–H and O–H groups in total. The fraction of sp³-hybridized carbons (Fsp3) is 0.571. The van der Waals surface area contributed by atoms with Crippen LogP contribution in [0.1, 0.15) is 6.92 Å². The van der Waals surface area contributed by atoms with Crippen molar-refractivity contribution in [2.75, 3.05) is 21.2 Å². The van der Waals surface area contributed by atoms with Crippen molar-refractivity contribution in [3.8, 4) is 0 Å². The molecule has 0 saturated carbocycles. The predicted octanol–water partition coefficient (Wildman–Crippen LogP) is 1.08. The second-order valence-electron chi connectivity index (χ2n) is 1.99. The van der Waals surface area contributed by atoms with Crippen LogP contribution < -0.4 is 0 Å². The maximum absolute atomic E-state index is 4.94. The maximum Gasteiger partial charge on any atom is 0.134 e. The highest BCUT2D eigenvalue weighted by molar-refractivity contribution is 5.75. The lowest BCUT2D eigenvalue weighted by Crippen LogP contribution is -2.02. The lowest BCUT2D eigenvalue weighted by molar-refractivity contribution is 0.314. The van der Waals surface area contributed by atoms with Gasteiger partial charge in [-0.2, -0.15) is 5.10 Å². The van der Waals surface area contributed by atoms with Crippen molar-refractivity contribution < 1.29 is 4.74 Å². The molecule has 0 fully saturated rings. The van der Waals surface area contributed by atoms with Crippen LogP contribution in [0, 0.1) is 0 Å². The minimum absolute atomic E-state index is 0.772. The molecule has 3 nitrogen and oxygen atoms in total. The molecule has 0 atom stereocenters. The molecule has 0 saturated heterocycles. The third kappa shape index (κ3) is 3.95. The van der Waals surface area contributed by atoms with Crippen LogP contribution >= 0.6 is 0 Å². The van der Waals surface area contributed by atoms with Crippen molar-refractivity contribution in [3.05, 3.63) is 11.8 Å². The Kier molecular flexibility index (Phi) is 4.37. The van der Waals surface area contributed by atoms with Gasteiger partial charge < -0.3 is 9.75 Å². The van der Waals surface area contributed by atoms with Gasteiger partial charge in [0.05, 0.1) is 13.3 Å². The third-order valence-electron chi connectivity index (χ3n) is 0.936. The average Bonchev–Trinajstić information content (AvgIpc) is 1.90. The molecule has 10 heavy (non-hydrogen) atoms. The van der Waals surface area contributed by atoms with Gasteiger partial charge in [-0.3, -0.25) is 0 Å². The van der Waals surface area contributed by atoms with Crippen LogP contribution in [0.2, 0.25) is 0 Å². The summed E-state index contributed by atoms with van der Waals surface area (Å²) in [5.74, 6) is 0.772. The van der Waals surface area contributed by atoms with E-state index in [0.29, 0.717) is 0 Å². The highest BCUT2D eigenvalue weighted by Crippen LogP contribution is 1.89. The van der Waals surface area contributed by atoms with Gasteiger partial charge >= 0.3 is 0 Å². The van der Waals surface area contributed by atoms with Crippen molar-refractivity contribution in [2.24, 2.45) is 5.10 Å². The fourth-order valence-electron chi connectivity index (χ4n) is 0.417. The standard InChI is InChI=1S/C7H14N2O/c1-5-7(10-4)6-8-9(2)3/h5-6H,1-4H3. The van der Waals surface area contributed by atoms with Gasteiger partial charge in [0.25, 0.3) is 0 Å². The molecule has 0 aliphatic rings. The number of hydrogen-bond acceptors (Lipinski definition) is 3. The Balaban J connectivity index is 3.86. The average molecular weight is 142 g/mol. The minimum Gasteiger partial charge on any atom is -0.495 e. The van der Waals surface area contributed by atoms with Crippen LogP contribution in [0.4, 0.5) is 0 Å². The Morgan fingerprint density at radius 2 is 2.10 bits per heavy atom. The van der Waals surface area contributed by atoms with Gasteiger partial charge in [0.1, 0.15) is 5.76 Å². The van der Waals surface area contributed by atoms with Crippen molar-refractivity contribution in [3.63, 3.8) is 0 Å². The Morgan fingerprint density at radius 1 is 1.50 bits per heavy atom. The number of hydrogen-bond donors (Lipinski definition) is 0. The van der Waals surface area contributed by atoms with E-state index in [1.54, 1.807) is 18.3 Å². The number of hydrazone groups is 1. The van der Waals surface area contributed by atoms with E-state index in [1.807, 2.05) is 27.1 Å². The summed E-state index contributed by atoms with van der Waals surface area (Å²) < 4.78 is 4.94. The SMILES string of the molecule is CC=C(C=NN(C)C)OC. The smallest absolute Gasteiger partial charge is 0.134 e. The quantitative estimate of drug-likeness (QED) is 0.334. The fourth-order valence-corrected chi connectivity index (χ4v) is 0.417. The summed E-state index contributed by atoms with van der Waals surface area (Å²) in [6.07, 6.45) is 3.52. The van der Waals surface area contributed by atoms with E-state index in [1.165, 1.54) is 0 Å². The molecule has 0 aromatic heterocycles. The summed E-state index contributed by atoms with van der Waals surface area (Å²) in [5, 5.41) is 5.69. The molecule has 0 aromatic carbocycles. The maximum atomic E-state index is 4.94. The summed E-state index contributed by atoms with van der Waals surface area (Å²) in [5.41, 5.74) is 0. The van der Waals surface area contributed by atoms with Crippen molar-refractivity contribution in [1.29, 1.82) is 0 Å². The molecule has 0 aliphatic heterocycles. The molecule has 3 heteroatoms. The topological polar surface area (TPSA) is 24.8 Å². The van der Waals surface area contributed by atoms with Crippen molar-refractivity contribution >= 4 is 6.21 Å². The number of allylic oxidation sites excluding steroid dienone is 2. The van der Waals surface area contributed by atoms with E-state index in [9.17, 15) is 0 Å². The zero-order valence-corrected chi connectivity index (χ0v) is 6.96. The van der Waals surface area contributed by atoms with E-state index in [-0.39, 0.29) is 0 Å². The van der Waals surface area contributed by atoms with E-state index in [0.717, 1.165) is 5.76 Å². The van der Waals surface area contributed by atoms with E-state index in [2.05, 4.69) is 5.10 Å². The van der Waals surface area contributed by atoms with Crippen LogP contribution in [0.5, 0.6) is 0 Å². The lowest BCUT2D eigenvalue weighted by Gasteiger charge is -2.03. The molecule has 0 bridgehead atoms. The summed E-state index contributed by atoms with van der Waals surface area (Å²) in [4.78, 5) is 0. The second-order valence-corrected chi connectivity index (χ2v) is 1.99. The highest BCUT2D eigenvalue weighted by atomic mass is 16.5. The van der Waals surface area contributed by atoms with E-state index < -0.39 is 0 Å². The van der Waals surface area contributed by atoms with E-state index in [4.69, 9.17) is 4.74 Å². The Hall–Kier alpha value is -0.990. The lowest BCUT2D eigenvalue weighted by atomic mass is 10.5.